The number of hydrogen-bond donors (Lipinski definition) is 2. The molecule has 0 bridgehead atoms. The summed E-state index contributed by atoms with van der Waals surface area (Å²) in [6, 6.07) is 10.4. The molecule has 1 unspecified atom stereocenters. The van der Waals surface area contributed by atoms with Crippen LogP contribution in [-0.2, 0) is 4.79 Å². The highest BCUT2D eigenvalue weighted by atomic mass is 16.3. The molecule has 1 aliphatic rings. The normalized spacial score (nSPS) is 16.1. The maximum absolute atomic E-state index is 12.0. The van der Waals surface area contributed by atoms with Gasteiger partial charge in [0.25, 0.3) is 0 Å². The first-order valence-corrected chi connectivity index (χ1v) is 6.87. The van der Waals surface area contributed by atoms with Crippen molar-refractivity contribution in [2.75, 3.05) is 20.2 Å². The molecule has 4 heteroatoms. The summed E-state index contributed by atoms with van der Waals surface area (Å²) >= 11 is 0. The van der Waals surface area contributed by atoms with Crippen LogP contribution < -0.4 is 5.32 Å². The fourth-order valence-electron chi connectivity index (χ4n) is 2.20. The van der Waals surface area contributed by atoms with Crippen LogP contribution in [0.3, 0.4) is 0 Å². The first-order valence-electron chi connectivity index (χ1n) is 6.87. The van der Waals surface area contributed by atoms with Crippen molar-refractivity contribution in [2.45, 2.75) is 31.3 Å². The van der Waals surface area contributed by atoms with Gasteiger partial charge in [0, 0.05) is 25.7 Å². The van der Waals surface area contributed by atoms with Gasteiger partial charge in [-0.15, -0.1) is 0 Å². The van der Waals surface area contributed by atoms with Gasteiger partial charge in [-0.25, -0.2) is 0 Å². The van der Waals surface area contributed by atoms with Crippen LogP contribution >= 0.6 is 0 Å². The lowest BCUT2D eigenvalue weighted by Crippen LogP contribution is -2.38. The molecule has 1 atom stereocenters. The quantitative estimate of drug-likeness (QED) is 0.779. The monoisotopic (exact) mass is 262 g/mol. The maximum Gasteiger partial charge on any atom is 0.236 e. The summed E-state index contributed by atoms with van der Waals surface area (Å²) in [6.45, 7) is 0.436. The van der Waals surface area contributed by atoms with Crippen LogP contribution in [0.1, 0.15) is 30.9 Å². The fraction of sp³-hybridized carbons (Fsp3) is 0.533. The van der Waals surface area contributed by atoms with E-state index in [1.54, 1.807) is 0 Å². The Balaban J connectivity index is 1.88. The molecular formula is C15H22N2O2. The topological polar surface area (TPSA) is 52.6 Å². The predicted octanol–water partition coefficient (Wildman–Crippen LogP) is 1.32. The van der Waals surface area contributed by atoms with Crippen molar-refractivity contribution in [3.05, 3.63) is 35.9 Å². The highest BCUT2D eigenvalue weighted by Gasteiger charge is 2.29. The molecule has 1 saturated carbocycles. The lowest BCUT2D eigenvalue weighted by Gasteiger charge is -2.21. The minimum Gasteiger partial charge on any atom is -0.396 e. The maximum atomic E-state index is 12.0. The second kappa shape index (κ2) is 6.68. The zero-order valence-electron chi connectivity index (χ0n) is 11.4. The molecule has 0 aliphatic heterocycles. The molecule has 1 fully saturated rings. The number of aliphatic hydroxyl groups excluding tert-OH is 1. The highest BCUT2D eigenvalue weighted by molar-refractivity contribution is 5.78. The molecule has 0 saturated heterocycles. The van der Waals surface area contributed by atoms with Crippen LogP contribution in [-0.4, -0.2) is 42.2 Å². The smallest absolute Gasteiger partial charge is 0.236 e. The molecule has 1 amide bonds. The molecule has 2 rings (SSSR count). The Labute approximate surface area is 114 Å². The van der Waals surface area contributed by atoms with E-state index in [0.29, 0.717) is 19.0 Å². The molecule has 104 valence electrons. The third kappa shape index (κ3) is 4.04. The fourth-order valence-corrected chi connectivity index (χ4v) is 2.20. The third-order valence-corrected chi connectivity index (χ3v) is 3.61. The van der Waals surface area contributed by atoms with Gasteiger partial charge in [0.15, 0.2) is 0 Å². The summed E-state index contributed by atoms with van der Waals surface area (Å²) in [7, 11) is 1.87. The number of nitrogens with zero attached hydrogens (tertiary/aromatic N) is 1. The molecule has 1 aromatic rings. The van der Waals surface area contributed by atoms with Crippen molar-refractivity contribution in [3.8, 4) is 0 Å². The Hall–Kier alpha value is -1.39. The average Bonchev–Trinajstić information content (AvgIpc) is 3.27. The van der Waals surface area contributed by atoms with Crippen LogP contribution in [0.2, 0.25) is 0 Å². The zero-order chi connectivity index (χ0) is 13.7. The van der Waals surface area contributed by atoms with Gasteiger partial charge in [0.1, 0.15) is 0 Å². The Morgan fingerprint density at radius 3 is 2.68 bits per heavy atom. The number of amides is 1. The van der Waals surface area contributed by atoms with Crippen LogP contribution in [0.25, 0.3) is 0 Å². The Morgan fingerprint density at radius 1 is 1.42 bits per heavy atom. The average molecular weight is 262 g/mol. The number of aliphatic hydroxyl groups is 1. The van der Waals surface area contributed by atoms with Crippen molar-refractivity contribution in [1.29, 1.82) is 0 Å². The van der Waals surface area contributed by atoms with Crippen molar-refractivity contribution >= 4 is 5.91 Å². The van der Waals surface area contributed by atoms with Crippen LogP contribution in [0.4, 0.5) is 0 Å². The largest absolute Gasteiger partial charge is 0.396 e. The molecule has 4 nitrogen and oxygen atoms in total. The van der Waals surface area contributed by atoms with Crippen molar-refractivity contribution in [1.82, 2.24) is 10.2 Å². The molecule has 19 heavy (non-hydrogen) atoms. The summed E-state index contributed by atoms with van der Waals surface area (Å²) in [5.41, 5.74) is 1.11. The second-order valence-corrected chi connectivity index (χ2v) is 5.09. The van der Waals surface area contributed by atoms with E-state index in [2.05, 4.69) is 5.32 Å². The number of hydrogen-bond acceptors (Lipinski definition) is 3. The lowest BCUT2D eigenvalue weighted by molar-refractivity contribution is -0.129. The summed E-state index contributed by atoms with van der Waals surface area (Å²) in [4.78, 5) is 13.8. The van der Waals surface area contributed by atoms with E-state index in [0.717, 1.165) is 18.4 Å². The van der Waals surface area contributed by atoms with Gasteiger partial charge in [-0.3, -0.25) is 4.79 Å². The van der Waals surface area contributed by atoms with E-state index in [-0.39, 0.29) is 18.6 Å². The minimum atomic E-state index is 0.0303. The summed E-state index contributed by atoms with van der Waals surface area (Å²) in [5, 5.41) is 12.4. The number of carbonyl (C=O) groups is 1. The van der Waals surface area contributed by atoms with Gasteiger partial charge in [-0.2, -0.15) is 0 Å². The van der Waals surface area contributed by atoms with E-state index in [1.165, 1.54) is 0 Å². The van der Waals surface area contributed by atoms with Gasteiger partial charge in [0.2, 0.25) is 5.91 Å². The lowest BCUT2D eigenvalue weighted by atomic mass is 10.0. The number of benzene rings is 1. The number of carbonyl (C=O) groups excluding carboxylic acids is 1. The van der Waals surface area contributed by atoms with E-state index in [1.807, 2.05) is 42.3 Å². The number of likely N-dealkylation sites (N-methyl/N-ethyl adjacent to an activating group) is 1. The molecule has 1 aliphatic carbocycles. The summed E-state index contributed by atoms with van der Waals surface area (Å²) in [6.07, 6.45) is 2.87. The Morgan fingerprint density at radius 2 is 2.11 bits per heavy atom. The molecule has 1 aromatic carbocycles. The third-order valence-electron chi connectivity index (χ3n) is 3.61. The molecule has 0 aromatic heterocycles. The standard InChI is InChI=1S/C15H22N2O2/c1-17(13-7-8-13)15(19)11-16-14(9-10-18)12-5-3-2-4-6-12/h2-6,13-14,16,18H,7-11H2,1H3. The number of rotatable bonds is 7. The highest BCUT2D eigenvalue weighted by Crippen LogP contribution is 2.25. The van der Waals surface area contributed by atoms with Crippen molar-refractivity contribution in [2.24, 2.45) is 0 Å². The van der Waals surface area contributed by atoms with Gasteiger partial charge < -0.3 is 15.3 Å². The number of nitrogens with one attached hydrogen (secondary N) is 1. The summed E-state index contributed by atoms with van der Waals surface area (Å²) < 4.78 is 0. The molecule has 2 N–H and O–H groups in total. The SMILES string of the molecule is CN(C(=O)CNC(CCO)c1ccccc1)C1CC1. The van der Waals surface area contributed by atoms with E-state index in [9.17, 15) is 4.79 Å². The Kier molecular flexibility index (Phi) is 4.93. The Bertz CT molecular complexity index is 404. The van der Waals surface area contributed by atoms with Gasteiger partial charge in [-0.05, 0) is 24.8 Å². The van der Waals surface area contributed by atoms with E-state index >= 15 is 0 Å². The molecular weight excluding hydrogens is 240 g/mol. The molecule has 0 spiro atoms. The van der Waals surface area contributed by atoms with Gasteiger partial charge in [-0.1, -0.05) is 30.3 Å². The van der Waals surface area contributed by atoms with Crippen molar-refractivity contribution in [3.63, 3.8) is 0 Å². The first kappa shape index (κ1) is 14.0. The molecule has 0 radical (unpaired) electrons. The van der Waals surface area contributed by atoms with Crippen LogP contribution in [0.5, 0.6) is 0 Å². The van der Waals surface area contributed by atoms with Crippen LogP contribution in [0.15, 0.2) is 30.3 Å². The van der Waals surface area contributed by atoms with E-state index < -0.39 is 0 Å². The predicted molar refractivity (Wildman–Crippen MR) is 74.7 cm³/mol. The van der Waals surface area contributed by atoms with Gasteiger partial charge in [0.05, 0.1) is 6.54 Å². The summed E-state index contributed by atoms with van der Waals surface area (Å²) in [5.74, 6) is 0.126. The zero-order valence-corrected chi connectivity index (χ0v) is 11.4. The van der Waals surface area contributed by atoms with Crippen molar-refractivity contribution < 1.29 is 9.90 Å². The van der Waals surface area contributed by atoms with E-state index in [4.69, 9.17) is 5.11 Å². The molecule has 0 heterocycles. The second-order valence-electron chi connectivity index (χ2n) is 5.09. The first-order chi connectivity index (χ1) is 9.22. The van der Waals surface area contributed by atoms with Gasteiger partial charge >= 0.3 is 0 Å². The minimum absolute atomic E-state index is 0.0303. The van der Waals surface area contributed by atoms with Crippen LogP contribution in [0, 0.1) is 0 Å².